The van der Waals surface area contributed by atoms with Gasteiger partial charge >= 0.3 is 0 Å². The summed E-state index contributed by atoms with van der Waals surface area (Å²) >= 11 is 0. The van der Waals surface area contributed by atoms with Gasteiger partial charge < -0.3 is 0 Å². The largest absolute Gasteiger partial charge is 0.198 e. The molecule has 1 nitrogen and oxygen atoms in total. The molecule has 0 aliphatic heterocycles. The summed E-state index contributed by atoms with van der Waals surface area (Å²) in [4.78, 5) is 0. The highest BCUT2D eigenvalue weighted by atomic mass is 14.4. The second-order valence-corrected chi connectivity index (χ2v) is 9.69. The second-order valence-electron chi connectivity index (χ2n) is 9.69. The highest BCUT2D eigenvalue weighted by Crippen LogP contribution is 2.46. The van der Waals surface area contributed by atoms with Crippen LogP contribution in [0.2, 0.25) is 0 Å². The second kappa shape index (κ2) is 9.99. The van der Waals surface area contributed by atoms with Gasteiger partial charge in [-0.1, -0.05) is 45.4 Å². The molecular weight excluding hydrogens is 302 g/mol. The third-order valence-corrected chi connectivity index (χ3v) is 8.21. The molecule has 1 heteroatoms. The molecule has 0 heterocycles. The molecule has 0 amide bonds. The van der Waals surface area contributed by atoms with Crippen molar-refractivity contribution < 1.29 is 0 Å². The molecule has 0 saturated heterocycles. The normalized spacial score (nSPS) is 39.7. The van der Waals surface area contributed by atoms with Crippen molar-refractivity contribution in [3.8, 4) is 6.07 Å². The Labute approximate surface area is 157 Å². The van der Waals surface area contributed by atoms with E-state index >= 15 is 0 Å². The van der Waals surface area contributed by atoms with Crippen LogP contribution in [0.25, 0.3) is 0 Å². The molecule has 0 radical (unpaired) electrons. The van der Waals surface area contributed by atoms with Crippen LogP contribution in [0.5, 0.6) is 0 Å². The summed E-state index contributed by atoms with van der Waals surface area (Å²) in [5, 5.41) is 9.10. The van der Waals surface area contributed by atoms with Crippen molar-refractivity contribution in [3.63, 3.8) is 0 Å². The van der Waals surface area contributed by atoms with Gasteiger partial charge in [0.15, 0.2) is 0 Å². The van der Waals surface area contributed by atoms with Gasteiger partial charge in [0.2, 0.25) is 0 Å². The lowest BCUT2D eigenvalue weighted by molar-refractivity contribution is 0.107. The molecule has 0 spiro atoms. The van der Waals surface area contributed by atoms with E-state index in [0.29, 0.717) is 5.92 Å². The van der Waals surface area contributed by atoms with Crippen molar-refractivity contribution in [1.29, 1.82) is 5.26 Å². The minimum Gasteiger partial charge on any atom is -0.198 e. The van der Waals surface area contributed by atoms with Crippen molar-refractivity contribution in [2.45, 2.75) is 110 Å². The average molecular weight is 344 g/mol. The Morgan fingerprint density at radius 2 is 1.08 bits per heavy atom. The van der Waals surface area contributed by atoms with Crippen LogP contribution in [0.1, 0.15) is 110 Å². The minimum atomic E-state index is 0.375. The fraction of sp³-hybridized carbons (Fsp3) is 0.958. The number of nitriles is 1. The first kappa shape index (κ1) is 19.3. The van der Waals surface area contributed by atoms with Crippen molar-refractivity contribution in [2.75, 3.05) is 0 Å². The highest BCUT2D eigenvalue weighted by Gasteiger charge is 2.34. The molecule has 3 fully saturated rings. The molecule has 0 N–H and O–H groups in total. The van der Waals surface area contributed by atoms with E-state index in [1.54, 1.807) is 12.8 Å². The van der Waals surface area contributed by atoms with E-state index in [2.05, 4.69) is 13.0 Å². The summed E-state index contributed by atoms with van der Waals surface area (Å²) in [5.41, 5.74) is 0. The molecule has 0 atom stereocenters. The number of unbranched alkanes of at least 4 members (excludes halogenated alkanes) is 2. The van der Waals surface area contributed by atoms with Gasteiger partial charge in [-0.2, -0.15) is 5.26 Å². The molecule has 25 heavy (non-hydrogen) atoms. The topological polar surface area (TPSA) is 23.8 Å². The lowest BCUT2D eigenvalue weighted by atomic mass is 9.65. The zero-order valence-electron chi connectivity index (χ0n) is 16.7. The molecule has 0 unspecified atom stereocenters. The SMILES string of the molecule is CCCCC[C@H]1CC[C@H](C2CCC(C3CCC(C#N)CC3)CC2)CC1. The van der Waals surface area contributed by atoms with Crippen LogP contribution < -0.4 is 0 Å². The van der Waals surface area contributed by atoms with Crippen LogP contribution >= 0.6 is 0 Å². The van der Waals surface area contributed by atoms with E-state index in [-0.39, 0.29) is 0 Å². The van der Waals surface area contributed by atoms with Gasteiger partial charge in [-0.25, -0.2) is 0 Å². The lowest BCUT2D eigenvalue weighted by Crippen LogP contribution is -2.29. The zero-order chi connectivity index (χ0) is 17.5. The molecular formula is C24H41N. The Balaban J connectivity index is 1.34. The van der Waals surface area contributed by atoms with Gasteiger partial charge in [-0.3, -0.25) is 0 Å². The van der Waals surface area contributed by atoms with Crippen LogP contribution in [0, 0.1) is 46.8 Å². The first-order valence-electron chi connectivity index (χ1n) is 11.7. The van der Waals surface area contributed by atoms with E-state index in [4.69, 9.17) is 5.26 Å². The third-order valence-electron chi connectivity index (χ3n) is 8.21. The first-order chi connectivity index (χ1) is 12.3. The fourth-order valence-corrected chi connectivity index (χ4v) is 6.44. The predicted octanol–water partition coefficient (Wildman–Crippen LogP) is 7.51. The Hall–Kier alpha value is -0.510. The lowest BCUT2D eigenvalue weighted by Gasteiger charge is -2.41. The fourth-order valence-electron chi connectivity index (χ4n) is 6.44. The maximum absolute atomic E-state index is 9.10. The Morgan fingerprint density at radius 1 is 0.640 bits per heavy atom. The smallest absolute Gasteiger partial charge is 0.0655 e. The van der Waals surface area contributed by atoms with Gasteiger partial charge in [0.25, 0.3) is 0 Å². The Bertz CT molecular complexity index is 398. The summed E-state index contributed by atoms with van der Waals surface area (Å²) in [6, 6.07) is 2.50. The van der Waals surface area contributed by atoms with Crippen LogP contribution in [0.4, 0.5) is 0 Å². The summed E-state index contributed by atoms with van der Waals surface area (Å²) in [5.74, 6) is 5.52. The Morgan fingerprint density at radius 3 is 1.52 bits per heavy atom. The molecule has 3 aliphatic carbocycles. The maximum atomic E-state index is 9.10. The molecule has 0 aromatic rings. The van der Waals surface area contributed by atoms with Crippen LogP contribution in [0.3, 0.4) is 0 Å². The standard InChI is InChI=1S/C24H41N/c1-2-3-4-5-19-6-10-21(11-7-19)23-14-16-24(17-15-23)22-12-8-20(18-25)9-13-22/h19-24H,2-17H2,1H3/t19-,20?,21-,22?,23?,24?. The molecule has 3 rings (SSSR count). The Kier molecular flexibility index (Phi) is 7.69. The van der Waals surface area contributed by atoms with Crippen molar-refractivity contribution in [3.05, 3.63) is 0 Å². The van der Waals surface area contributed by atoms with Gasteiger partial charge in [0, 0.05) is 5.92 Å². The summed E-state index contributed by atoms with van der Waals surface area (Å²) in [6.07, 6.45) is 23.1. The van der Waals surface area contributed by atoms with Crippen LogP contribution in [-0.4, -0.2) is 0 Å². The van der Waals surface area contributed by atoms with Crippen molar-refractivity contribution in [2.24, 2.45) is 35.5 Å². The predicted molar refractivity (Wildman–Crippen MR) is 106 cm³/mol. The number of nitrogens with zero attached hydrogens (tertiary/aromatic N) is 1. The molecule has 3 aliphatic rings. The molecule has 0 bridgehead atoms. The number of hydrogen-bond donors (Lipinski definition) is 0. The van der Waals surface area contributed by atoms with Crippen LogP contribution in [-0.2, 0) is 0 Å². The van der Waals surface area contributed by atoms with Crippen molar-refractivity contribution >= 4 is 0 Å². The van der Waals surface area contributed by atoms with Crippen molar-refractivity contribution in [1.82, 2.24) is 0 Å². The van der Waals surface area contributed by atoms with Gasteiger partial charge in [0.1, 0.15) is 0 Å². The third kappa shape index (κ3) is 5.48. The molecule has 0 aromatic carbocycles. The highest BCUT2D eigenvalue weighted by molar-refractivity contribution is 4.90. The van der Waals surface area contributed by atoms with Gasteiger partial charge in [-0.05, 0) is 93.8 Å². The average Bonchev–Trinajstić information content (AvgIpc) is 2.69. The van der Waals surface area contributed by atoms with E-state index < -0.39 is 0 Å². The zero-order valence-corrected chi connectivity index (χ0v) is 16.7. The maximum Gasteiger partial charge on any atom is 0.0655 e. The number of hydrogen-bond acceptors (Lipinski definition) is 1. The summed E-state index contributed by atoms with van der Waals surface area (Å²) in [7, 11) is 0. The molecule has 142 valence electrons. The van der Waals surface area contributed by atoms with Crippen LogP contribution in [0.15, 0.2) is 0 Å². The van der Waals surface area contributed by atoms with E-state index in [0.717, 1.165) is 29.6 Å². The van der Waals surface area contributed by atoms with Gasteiger partial charge in [-0.15, -0.1) is 0 Å². The monoisotopic (exact) mass is 343 g/mol. The van der Waals surface area contributed by atoms with E-state index in [9.17, 15) is 0 Å². The summed E-state index contributed by atoms with van der Waals surface area (Å²) < 4.78 is 0. The quantitative estimate of drug-likeness (QED) is 0.458. The molecule has 0 aromatic heterocycles. The summed E-state index contributed by atoms with van der Waals surface area (Å²) in [6.45, 7) is 2.32. The molecule has 3 saturated carbocycles. The van der Waals surface area contributed by atoms with E-state index in [1.165, 1.54) is 89.9 Å². The van der Waals surface area contributed by atoms with E-state index in [1.807, 2.05) is 0 Å². The first-order valence-corrected chi connectivity index (χ1v) is 11.7. The minimum absolute atomic E-state index is 0.375. The number of rotatable bonds is 6. The van der Waals surface area contributed by atoms with Gasteiger partial charge in [0.05, 0.1) is 6.07 Å².